The average Bonchev–Trinajstić information content (AvgIpc) is 2.17. The third-order valence-electron chi connectivity index (χ3n) is 2.63. The molecule has 4 heteroatoms. The molecule has 0 saturated heterocycles. The van der Waals surface area contributed by atoms with Crippen LogP contribution in [0.3, 0.4) is 0 Å². The van der Waals surface area contributed by atoms with E-state index in [0.29, 0.717) is 5.92 Å². The van der Waals surface area contributed by atoms with Crippen LogP contribution in [0.15, 0.2) is 9.98 Å². The van der Waals surface area contributed by atoms with E-state index in [1.165, 1.54) is 6.42 Å². The van der Waals surface area contributed by atoms with Gasteiger partial charge in [-0.15, -0.1) is 0 Å². The van der Waals surface area contributed by atoms with Gasteiger partial charge < -0.3 is 0 Å². The first kappa shape index (κ1) is 15.6. The molecule has 0 aliphatic heterocycles. The highest BCUT2D eigenvalue weighted by molar-refractivity contribution is 7.78. The van der Waals surface area contributed by atoms with Crippen molar-refractivity contribution in [2.24, 2.45) is 15.9 Å². The SMILES string of the molecule is CC(CCCC(C)(C)N=C=S)CCN=C=S. The molecule has 0 fully saturated rings. The van der Waals surface area contributed by atoms with E-state index in [0.717, 1.165) is 25.8 Å². The molecule has 0 spiro atoms. The van der Waals surface area contributed by atoms with Crippen LogP contribution in [-0.4, -0.2) is 22.4 Å². The smallest absolute Gasteiger partial charge is 0.0655 e. The first-order chi connectivity index (χ1) is 7.52. The lowest BCUT2D eigenvalue weighted by Crippen LogP contribution is -2.16. The summed E-state index contributed by atoms with van der Waals surface area (Å²) < 4.78 is 0. The van der Waals surface area contributed by atoms with Crippen molar-refractivity contribution in [3.63, 3.8) is 0 Å². The second kappa shape index (κ2) is 8.72. The van der Waals surface area contributed by atoms with E-state index in [2.05, 4.69) is 65.5 Å². The molecule has 0 radical (unpaired) electrons. The molecular formula is C12H20N2S2. The Balaban J connectivity index is 3.72. The first-order valence-corrected chi connectivity index (χ1v) is 6.46. The lowest BCUT2D eigenvalue weighted by atomic mass is 9.93. The van der Waals surface area contributed by atoms with E-state index in [9.17, 15) is 0 Å². The molecule has 0 aliphatic rings. The zero-order valence-electron chi connectivity index (χ0n) is 10.3. The summed E-state index contributed by atoms with van der Waals surface area (Å²) in [6.45, 7) is 7.22. The van der Waals surface area contributed by atoms with Crippen LogP contribution in [0.25, 0.3) is 0 Å². The highest BCUT2D eigenvalue weighted by Crippen LogP contribution is 2.20. The summed E-state index contributed by atoms with van der Waals surface area (Å²) in [6.07, 6.45) is 4.50. The number of nitrogens with zero attached hydrogens (tertiary/aromatic N) is 2. The monoisotopic (exact) mass is 256 g/mol. The lowest BCUT2D eigenvalue weighted by molar-refractivity contribution is 0.407. The van der Waals surface area contributed by atoms with Gasteiger partial charge in [0, 0.05) is 6.54 Å². The summed E-state index contributed by atoms with van der Waals surface area (Å²) in [4.78, 5) is 8.07. The van der Waals surface area contributed by atoms with Crippen molar-refractivity contribution >= 4 is 34.8 Å². The van der Waals surface area contributed by atoms with Gasteiger partial charge in [-0.3, -0.25) is 0 Å². The third-order valence-corrected chi connectivity index (χ3v) is 2.85. The minimum Gasteiger partial charge on any atom is -0.233 e. The summed E-state index contributed by atoms with van der Waals surface area (Å²) in [6, 6.07) is 0. The Morgan fingerprint density at radius 3 is 2.44 bits per heavy atom. The Bertz CT molecular complexity index is 287. The van der Waals surface area contributed by atoms with E-state index in [-0.39, 0.29) is 5.54 Å². The molecule has 2 nitrogen and oxygen atoms in total. The van der Waals surface area contributed by atoms with Gasteiger partial charge in [0.25, 0.3) is 0 Å². The van der Waals surface area contributed by atoms with Crippen LogP contribution in [0.1, 0.15) is 46.5 Å². The van der Waals surface area contributed by atoms with Gasteiger partial charge in [-0.25, -0.2) is 9.98 Å². The largest absolute Gasteiger partial charge is 0.233 e. The number of isothiocyanates is 2. The van der Waals surface area contributed by atoms with Gasteiger partial charge in [0.15, 0.2) is 0 Å². The highest BCUT2D eigenvalue weighted by Gasteiger charge is 2.15. The van der Waals surface area contributed by atoms with Crippen molar-refractivity contribution in [2.75, 3.05) is 6.54 Å². The molecule has 1 unspecified atom stereocenters. The number of rotatable bonds is 8. The zero-order chi connectivity index (χ0) is 12.4. The third kappa shape index (κ3) is 8.87. The Labute approximate surface area is 109 Å². The van der Waals surface area contributed by atoms with Gasteiger partial charge in [0.05, 0.1) is 15.9 Å². The summed E-state index contributed by atoms with van der Waals surface area (Å²) in [7, 11) is 0. The van der Waals surface area contributed by atoms with Crippen LogP contribution in [0.2, 0.25) is 0 Å². The van der Waals surface area contributed by atoms with Gasteiger partial charge in [-0.2, -0.15) is 0 Å². The molecule has 16 heavy (non-hydrogen) atoms. The van der Waals surface area contributed by atoms with E-state index in [1.807, 2.05) is 0 Å². The van der Waals surface area contributed by atoms with Crippen LogP contribution in [0.4, 0.5) is 0 Å². The molecule has 0 saturated carbocycles. The molecule has 0 N–H and O–H groups in total. The van der Waals surface area contributed by atoms with Crippen LogP contribution < -0.4 is 0 Å². The van der Waals surface area contributed by atoms with Crippen molar-refractivity contribution in [1.82, 2.24) is 0 Å². The quantitative estimate of drug-likeness (QED) is 0.481. The van der Waals surface area contributed by atoms with E-state index >= 15 is 0 Å². The van der Waals surface area contributed by atoms with Crippen molar-refractivity contribution in [3.05, 3.63) is 0 Å². The van der Waals surface area contributed by atoms with Crippen LogP contribution in [-0.2, 0) is 0 Å². The van der Waals surface area contributed by atoms with Crippen molar-refractivity contribution in [2.45, 2.75) is 52.0 Å². The lowest BCUT2D eigenvalue weighted by Gasteiger charge is -2.18. The van der Waals surface area contributed by atoms with E-state index in [4.69, 9.17) is 0 Å². The minimum absolute atomic E-state index is 0.0615. The number of hydrogen-bond acceptors (Lipinski definition) is 4. The topological polar surface area (TPSA) is 24.7 Å². The van der Waals surface area contributed by atoms with Gasteiger partial charge >= 0.3 is 0 Å². The van der Waals surface area contributed by atoms with Crippen LogP contribution in [0.5, 0.6) is 0 Å². The van der Waals surface area contributed by atoms with Crippen LogP contribution in [0, 0.1) is 5.92 Å². The molecule has 1 atom stereocenters. The number of aliphatic imine (C=N–C) groups is 2. The number of hydrogen-bond donors (Lipinski definition) is 0. The average molecular weight is 256 g/mol. The Morgan fingerprint density at radius 2 is 1.88 bits per heavy atom. The van der Waals surface area contributed by atoms with Crippen LogP contribution >= 0.6 is 24.4 Å². The Morgan fingerprint density at radius 1 is 1.19 bits per heavy atom. The molecule has 0 aromatic heterocycles. The second-order valence-electron chi connectivity index (χ2n) is 4.77. The van der Waals surface area contributed by atoms with Crippen molar-refractivity contribution in [1.29, 1.82) is 0 Å². The zero-order valence-corrected chi connectivity index (χ0v) is 12.0. The molecular weight excluding hydrogens is 236 g/mol. The van der Waals surface area contributed by atoms with Gasteiger partial charge in [-0.1, -0.05) is 19.8 Å². The Kier molecular flexibility index (Phi) is 8.50. The summed E-state index contributed by atoms with van der Waals surface area (Å²) in [5.74, 6) is 0.680. The molecule has 0 aromatic rings. The second-order valence-corrected chi connectivity index (χ2v) is 5.14. The summed E-state index contributed by atoms with van der Waals surface area (Å²) >= 11 is 9.15. The van der Waals surface area contributed by atoms with Gasteiger partial charge in [-0.05, 0) is 57.0 Å². The predicted octanol–water partition coefficient (Wildman–Crippen LogP) is 4.17. The van der Waals surface area contributed by atoms with Crippen molar-refractivity contribution in [3.8, 4) is 0 Å². The van der Waals surface area contributed by atoms with Crippen molar-refractivity contribution < 1.29 is 0 Å². The maximum absolute atomic E-state index is 4.63. The summed E-state index contributed by atoms with van der Waals surface area (Å²) in [5, 5.41) is 4.86. The highest BCUT2D eigenvalue weighted by atomic mass is 32.1. The molecule has 0 bridgehead atoms. The van der Waals surface area contributed by atoms with E-state index < -0.39 is 0 Å². The minimum atomic E-state index is -0.0615. The number of thiocarbonyl (C=S) groups is 2. The van der Waals surface area contributed by atoms with Gasteiger partial charge in [0.2, 0.25) is 0 Å². The molecule has 0 aromatic carbocycles. The predicted molar refractivity (Wildman–Crippen MR) is 76.6 cm³/mol. The molecule has 0 aliphatic carbocycles. The molecule has 0 heterocycles. The fraction of sp³-hybridized carbons (Fsp3) is 0.833. The van der Waals surface area contributed by atoms with Gasteiger partial charge in [0.1, 0.15) is 0 Å². The normalized spacial score (nSPS) is 12.4. The maximum Gasteiger partial charge on any atom is 0.0655 e. The molecule has 0 rings (SSSR count). The molecule has 90 valence electrons. The van der Waals surface area contributed by atoms with E-state index in [1.54, 1.807) is 0 Å². The first-order valence-electron chi connectivity index (χ1n) is 5.64. The Hall–Kier alpha value is -0.400. The fourth-order valence-electron chi connectivity index (χ4n) is 1.54. The summed E-state index contributed by atoms with van der Waals surface area (Å²) in [5.41, 5.74) is -0.0615. The standard InChI is InChI=1S/C12H20N2S2/c1-11(6-8-13-9-15)5-4-7-12(2,3)14-10-16/h11H,4-8H2,1-3H3. The fourth-order valence-corrected chi connectivity index (χ4v) is 1.88. The molecule has 0 amide bonds. The maximum atomic E-state index is 4.63.